The van der Waals surface area contributed by atoms with Crippen LogP contribution in [0.4, 0.5) is 0 Å². The Morgan fingerprint density at radius 1 is 1.47 bits per heavy atom. The van der Waals surface area contributed by atoms with Crippen molar-refractivity contribution < 1.29 is 9.53 Å². The number of nitrogens with zero attached hydrogens (tertiary/aromatic N) is 3. The van der Waals surface area contributed by atoms with E-state index in [1.807, 2.05) is 6.92 Å². The van der Waals surface area contributed by atoms with Gasteiger partial charge in [-0.2, -0.15) is 5.10 Å². The molecule has 0 fully saturated rings. The van der Waals surface area contributed by atoms with Crippen LogP contribution in [-0.2, 0) is 11.2 Å². The van der Waals surface area contributed by atoms with Crippen LogP contribution in [0.1, 0.15) is 30.0 Å². The fraction of sp³-hybridized carbons (Fsp3) is 0.364. The highest BCUT2D eigenvalue weighted by atomic mass is 35.5. The molecule has 2 heterocycles. The van der Waals surface area contributed by atoms with Gasteiger partial charge in [-0.25, -0.2) is 14.3 Å². The van der Waals surface area contributed by atoms with Crippen LogP contribution >= 0.6 is 11.6 Å². The van der Waals surface area contributed by atoms with Crippen LogP contribution in [0.15, 0.2) is 12.1 Å². The summed E-state index contributed by atoms with van der Waals surface area (Å²) < 4.78 is 6.29. The molecule has 0 radical (unpaired) electrons. The maximum atomic E-state index is 11.5. The zero-order chi connectivity index (χ0) is 12.4. The first kappa shape index (κ1) is 11.9. The molecule has 0 aliphatic carbocycles. The monoisotopic (exact) mass is 253 g/mol. The van der Waals surface area contributed by atoms with E-state index in [9.17, 15) is 4.79 Å². The second-order valence-electron chi connectivity index (χ2n) is 3.44. The lowest BCUT2D eigenvalue weighted by Gasteiger charge is -1.99. The van der Waals surface area contributed by atoms with Crippen molar-refractivity contribution in [3.05, 3.63) is 28.7 Å². The molecule has 6 heteroatoms. The third-order valence-corrected chi connectivity index (χ3v) is 2.55. The normalized spacial score (nSPS) is 10.8. The highest BCUT2D eigenvalue weighted by molar-refractivity contribution is 6.29. The van der Waals surface area contributed by atoms with Gasteiger partial charge in [-0.1, -0.05) is 18.5 Å². The number of halogens is 1. The molecule has 0 aliphatic rings. The van der Waals surface area contributed by atoms with E-state index in [4.69, 9.17) is 16.3 Å². The van der Waals surface area contributed by atoms with E-state index in [1.54, 1.807) is 19.1 Å². The Morgan fingerprint density at radius 2 is 2.24 bits per heavy atom. The van der Waals surface area contributed by atoms with E-state index in [-0.39, 0.29) is 5.69 Å². The van der Waals surface area contributed by atoms with Gasteiger partial charge in [0.1, 0.15) is 5.15 Å². The lowest BCUT2D eigenvalue weighted by Crippen LogP contribution is -2.05. The lowest BCUT2D eigenvalue weighted by molar-refractivity contribution is 0.0519. The first-order valence-electron chi connectivity index (χ1n) is 5.38. The lowest BCUT2D eigenvalue weighted by atomic mass is 10.3. The maximum absolute atomic E-state index is 11.5. The van der Waals surface area contributed by atoms with E-state index in [1.165, 1.54) is 4.52 Å². The Kier molecular flexibility index (Phi) is 3.28. The third-order valence-electron chi connectivity index (χ3n) is 2.28. The van der Waals surface area contributed by atoms with Gasteiger partial charge in [0.2, 0.25) is 0 Å². The average molecular weight is 254 g/mol. The van der Waals surface area contributed by atoms with Crippen LogP contribution in [0.3, 0.4) is 0 Å². The zero-order valence-electron chi connectivity index (χ0n) is 9.61. The molecular formula is C11H12ClN3O2. The molecule has 0 saturated heterocycles. The molecule has 0 bridgehead atoms. The van der Waals surface area contributed by atoms with Gasteiger partial charge in [0.15, 0.2) is 11.3 Å². The van der Waals surface area contributed by atoms with Crippen LogP contribution in [0.5, 0.6) is 0 Å². The zero-order valence-corrected chi connectivity index (χ0v) is 10.4. The summed E-state index contributed by atoms with van der Waals surface area (Å²) in [4.78, 5) is 15.8. The summed E-state index contributed by atoms with van der Waals surface area (Å²) in [6.45, 7) is 4.04. The van der Waals surface area contributed by atoms with Gasteiger partial charge in [0, 0.05) is 11.8 Å². The molecule has 0 aliphatic heterocycles. The van der Waals surface area contributed by atoms with E-state index in [2.05, 4.69) is 10.1 Å². The topological polar surface area (TPSA) is 56.5 Å². The molecule has 0 amide bonds. The number of aromatic nitrogens is 3. The predicted octanol–water partition coefficient (Wildman–Crippen LogP) is 2.12. The van der Waals surface area contributed by atoms with Crippen molar-refractivity contribution in [2.45, 2.75) is 20.3 Å². The molecule has 90 valence electrons. The molecule has 0 saturated carbocycles. The van der Waals surface area contributed by atoms with Crippen molar-refractivity contribution in [1.82, 2.24) is 14.6 Å². The first-order chi connectivity index (χ1) is 8.15. The summed E-state index contributed by atoms with van der Waals surface area (Å²) in [5.74, 6) is -0.466. The van der Waals surface area contributed by atoms with Gasteiger partial charge in [-0.15, -0.1) is 0 Å². The summed E-state index contributed by atoms with van der Waals surface area (Å²) in [6, 6.07) is 3.31. The summed E-state index contributed by atoms with van der Waals surface area (Å²) in [6.07, 6.45) is 0.774. The fourth-order valence-electron chi connectivity index (χ4n) is 1.47. The summed E-state index contributed by atoms with van der Waals surface area (Å²) >= 11 is 6.04. The van der Waals surface area contributed by atoms with Crippen molar-refractivity contribution >= 4 is 23.2 Å². The van der Waals surface area contributed by atoms with E-state index in [0.717, 1.165) is 12.1 Å². The van der Waals surface area contributed by atoms with Crippen molar-refractivity contribution in [2.75, 3.05) is 6.61 Å². The SMILES string of the molecule is CCOC(=O)c1cc2nc(CC)cc(Cl)n2n1. The predicted molar refractivity (Wildman–Crippen MR) is 63.3 cm³/mol. The van der Waals surface area contributed by atoms with E-state index >= 15 is 0 Å². The van der Waals surface area contributed by atoms with Crippen LogP contribution in [-0.4, -0.2) is 27.2 Å². The number of hydrogen-bond acceptors (Lipinski definition) is 4. The Bertz CT molecular complexity index is 565. The molecule has 5 nitrogen and oxygen atoms in total. The minimum Gasteiger partial charge on any atom is -0.461 e. The number of carbonyl (C=O) groups is 1. The molecule has 0 aromatic carbocycles. The number of ether oxygens (including phenoxy) is 1. The largest absolute Gasteiger partial charge is 0.461 e. The summed E-state index contributed by atoms with van der Waals surface area (Å²) in [7, 11) is 0. The van der Waals surface area contributed by atoms with Crippen molar-refractivity contribution in [2.24, 2.45) is 0 Å². The van der Waals surface area contributed by atoms with Crippen molar-refractivity contribution in [3.8, 4) is 0 Å². The molecule has 0 N–H and O–H groups in total. The summed E-state index contributed by atoms with van der Waals surface area (Å²) in [5.41, 5.74) is 1.63. The molecular weight excluding hydrogens is 242 g/mol. The summed E-state index contributed by atoms with van der Waals surface area (Å²) in [5, 5.41) is 4.49. The van der Waals surface area contributed by atoms with Gasteiger partial charge < -0.3 is 4.74 Å². The second-order valence-corrected chi connectivity index (χ2v) is 3.83. The Balaban J connectivity index is 2.49. The van der Waals surface area contributed by atoms with Crippen LogP contribution in [0.2, 0.25) is 5.15 Å². The first-order valence-corrected chi connectivity index (χ1v) is 5.75. The van der Waals surface area contributed by atoms with Gasteiger partial charge in [-0.05, 0) is 19.4 Å². The van der Waals surface area contributed by atoms with E-state index in [0.29, 0.717) is 17.4 Å². The average Bonchev–Trinajstić information content (AvgIpc) is 2.73. The number of hydrogen-bond donors (Lipinski definition) is 0. The van der Waals surface area contributed by atoms with Gasteiger partial charge in [0.25, 0.3) is 0 Å². The van der Waals surface area contributed by atoms with Gasteiger partial charge >= 0.3 is 5.97 Å². The van der Waals surface area contributed by atoms with Crippen LogP contribution in [0.25, 0.3) is 5.65 Å². The minimum absolute atomic E-state index is 0.217. The minimum atomic E-state index is -0.466. The van der Waals surface area contributed by atoms with E-state index < -0.39 is 5.97 Å². The number of aryl methyl sites for hydroxylation is 1. The number of rotatable bonds is 3. The number of fused-ring (bicyclic) bond motifs is 1. The molecule has 2 rings (SSSR count). The van der Waals surface area contributed by atoms with Crippen molar-refractivity contribution in [3.63, 3.8) is 0 Å². The molecule has 0 atom stereocenters. The van der Waals surface area contributed by atoms with Gasteiger partial charge in [0.05, 0.1) is 6.61 Å². The Labute approximate surface area is 103 Å². The van der Waals surface area contributed by atoms with Gasteiger partial charge in [-0.3, -0.25) is 0 Å². The number of carbonyl (C=O) groups excluding carboxylic acids is 1. The fourth-order valence-corrected chi connectivity index (χ4v) is 1.72. The highest BCUT2D eigenvalue weighted by Crippen LogP contribution is 2.15. The van der Waals surface area contributed by atoms with Crippen molar-refractivity contribution in [1.29, 1.82) is 0 Å². The molecule has 0 spiro atoms. The third kappa shape index (κ3) is 2.24. The quantitative estimate of drug-likeness (QED) is 0.621. The molecule has 2 aromatic rings. The Morgan fingerprint density at radius 3 is 2.88 bits per heavy atom. The van der Waals surface area contributed by atoms with Crippen LogP contribution in [0, 0.1) is 0 Å². The second kappa shape index (κ2) is 4.71. The standard InChI is InChI=1S/C11H12ClN3O2/c1-3-7-5-9(12)15-10(13-7)6-8(14-15)11(16)17-4-2/h5-6H,3-4H2,1-2H3. The molecule has 17 heavy (non-hydrogen) atoms. The smallest absolute Gasteiger partial charge is 0.358 e. The molecule has 0 unspecified atom stereocenters. The Hall–Kier alpha value is -1.62. The van der Waals surface area contributed by atoms with Crippen LogP contribution < -0.4 is 0 Å². The number of esters is 1. The maximum Gasteiger partial charge on any atom is 0.358 e. The molecule has 2 aromatic heterocycles. The highest BCUT2D eigenvalue weighted by Gasteiger charge is 2.14.